The molecule has 7 heteroatoms. The molecule has 1 aromatic carbocycles. The van der Waals surface area contributed by atoms with Crippen molar-refractivity contribution < 1.29 is 18.3 Å². The lowest BCUT2D eigenvalue weighted by Gasteiger charge is -2.21. The van der Waals surface area contributed by atoms with Crippen molar-refractivity contribution in [3.05, 3.63) is 34.9 Å². The van der Waals surface area contributed by atoms with E-state index in [0.717, 1.165) is 0 Å². The van der Waals surface area contributed by atoms with Gasteiger partial charge in [-0.05, 0) is 17.7 Å². The first kappa shape index (κ1) is 15.5. The molecule has 0 amide bonds. The van der Waals surface area contributed by atoms with Crippen molar-refractivity contribution in [2.24, 2.45) is 5.73 Å². The normalized spacial score (nSPS) is 15.1. The summed E-state index contributed by atoms with van der Waals surface area (Å²) in [7, 11) is 0. The maximum Gasteiger partial charge on any atom is 0.416 e. The number of aliphatic hydroxyl groups is 1. The molecule has 1 rings (SSSR count). The molecule has 0 radical (unpaired) electrons. The molecule has 3 N–H and O–H groups in total. The smallest absolute Gasteiger partial charge is 0.382 e. The number of hydrogen-bond acceptors (Lipinski definition) is 2. The molecule has 1 aromatic rings. The summed E-state index contributed by atoms with van der Waals surface area (Å²) < 4.78 is 36.4. The molecule has 0 fully saturated rings. The van der Waals surface area contributed by atoms with Crippen molar-refractivity contribution >= 4 is 24.0 Å². The molecule has 0 saturated carbocycles. The van der Waals surface area contributed by atoms with E-state index in [1.165, 1.54) is 24.3 Å². The van der Waals surface area contributed by atoms with Crippen molar-refractivity contribution in [3.63, 3.8) is 0 Å². The molecule has 0 bridgehead atoms. The van der Waals surface area contributed by atoms with Crippen molar-refractivity contribution in [1.29, 1.82) is 0 Å². The lowest BCUT2D eigenvalue weighted by molar-refractivity contribution is -0.210. The van der Waals surface area contributed by atoms with Crippen LogP contribution in [0.5, 0.6) is 0 Å². The van der Waals surface area contributed by atoms with Crippen LogP contribution in [0.3, 0.4) is 0 Å². The SMILES string of the molecule is Cl.N[C@@H](c1cccc(Cl)c1)[C@H](O)C(F)(F)F. The van der Waals surface area contributed by atoms with E-state index in [1.807, 2.05) is 0 Å². The van der Waals surface area contributed by atoms with Crippen LogP contribution in [0.15, 0.2) is 24.3 Å². The molecule has 0 heterocycles. The third kappa shape index (κ3) is 3.83. The summed E-state index contributed by atoms with van der Waals surface area (Å²) in [4.78, 5) is 0. The summed E-state index contributed by atoms with van der Waals surface area (Å²) in [5.74, 6) is 0. The van der Waals surface area contributed by atoms with Gasteiger partial charge in [0.05, 0.1) is 6.04 Å². The highest BCUT2D eigenvalue weighted by molar-refractivity contribution is 6.30. The molecule has 0 unspecified atom stereocenters. The number of hydrogen-bond donors (Lipinski definition) is 2. The third-order valence-electron chi connectivity index (χ3n) is 1.91. The van der Waals surface area contributed by atoms with E-state index in [-0.39, 0.29) is 23.0 Å². The predicted molar refractivity (Wildman–Crippen MR) is 57.7 cm³/mol. The zero-order valence-electron chi connectivity index (χ0n) is 7.91. The Kier molecular flexibility index (Phi) is 5.55. The van der Waals surface area contributed by atoms with E-state index < -0.39 is 18.3 Å². The van der Waals surface area contributed by atoms with Crippen LogP contribution in [0.4, 0.5) is 13.2 Å². The Hall–Kier alpha value is -0.490. The first-order valence-corrected chi connectivity index (χ1v) is 4.46. The Morgan fingerprint density at radius 2 is 1.88 bits per heavy atom. The molecule has 0 saturated heterocycles. The lowest BCUT2D eigenvalue weighted by atomic mass is 10.0. The Balaban J connectivity index is 0.00000225. The Morgan fingerprint density at radius 3 is 2.31 bits per heavy atom. The zero-order valence-corrected chi connectivity index (χ0v) is 9.48. The highest BCUT2D eigenvalue weighted by Crippen LogP contribution is 2.29. The summed E-state index contributed by atoms with van der Waals surface area (Å²) in [5, 5.41) is 9.18. The minimum atomic E-state index is -4.73. The largest absolute Gasteiger partial charge is 0.416 e. The molecule has 0 spiro atoms. The van der Waals surface area contributed by atoms with Crippen LogP contribution in [-0.4, -0.2) is 17.4 Å². The van der Waals surface area contributed by atoms with Gasteiger partial charge in [0.1, 0.15) is 0 Å². The minimum absolute atomic E-state index is 0. The van der Waals surface area contributed by atoms with E-state index in [9.17, 15) is 13.2 Å². The van der Waals surface area contributed by atoms with Gasteiger partial charge in [-0.1, -0.05) is 23.7 Å². The van der Waals surface area contributed by atoms with E-state index >= 15 is 0 Å². The molecule has 92 valence electrons. The summed E-state index contributed by atoms with van der Waals surface area (Å²) in [5.41, 5.74) is 5.41. The molecule has 2 atom stereocenters. The van der Waals surface area contributed by atoms with Crippen LogP contribution < -0.4 is 5.73 Å². The van der Waals surface area contributed by atoms with Crippen LogP contribution in [0, 0.1) is 0 Å². The van der Waals surface area contributed by atoms with Gasteiger partial charge in [0.2, 0.25) is 0 Å². The standard InChI is InChI=1S/C9H9ClF3NO.ClH/c10-6-3-1-2-5(4-6)7(14)8(15)9(11,12)13;/h1-4,7-8,15H,14H2;1H/t7-,8-;/m0./s1. The molecule has 0 aliphatic rings. The van der Waals surface area contributed by atoms with Crippen molar-refractivity contribution in [1.82, 2.24) is 0 Å². The zero-order chi connectivity index (χ0) is 11.6. The number of rotatable bonds is 2. The molecule has 2 nitrogen and oxygen atoms in total. The monoisotopic (exact) mass is 275 g/mol. The first-order chi connectivity index (χ1) is 6.82. The molecule has 0 aliphatic carbocycles. The second-order valence-corrected chi connectivity index (χ2v) is 3.50. The Bertz CT molecular complexity index is 346. The van der Waals surface area contributed by atoms with E-state index in [1.54, 1.807) is 0 Å². The van der Waals surface area contributed by atoms with Gasteiger partial charge in [-0.3, -0.25) is 0 Å². The Labute approximate surface area is 102 Å². The summed E-state index contributed by atoms with van der Waals surface area (Å²) in [6.45, 7) is 0. The fraction of sp³-hybridized carbons (Fsp3) is 0.333. The molecule has 0 aromatic heterocycles. The lowest BCUT2D eigenvalue weighted by Crippen LogP contribution is -2.38. The second kappa shape index (κ2) is 5.72. The molecule has 16 heavy (non-hydrogen) atoms. The highest BCUT2D eigenvalue weighted by atomic mass is 35.5. The van der Waals surface area contributed by atoms with Gasteiger partial charge in [-0.15, -0.1) is 12.4 Å². The quantitative estimate of drug-likeness (QED) is 0.872. The van der Waals surface area contributed by atoms with Gasteiger partial charge < -0.3 is 10.8 Å². The maximum absolute atomic E-state index is 12.1. The maximum atomic E-state index is 12.1. The number of halogens is 5. The summed E-state index contributed by atoms with van der Waals surface area (Å²) >= 11 is 5.59. The third-order valence-corrected chi connectivity index (χ3v) is 2.14. The van der Waals surface area contributed by atoms with Crippen LogP contribution in [-0.2, 0) is 0 Å². The van der Waals surface area contributed by atoms with Gasteiger partial charge >= 0.3 is 6.18 Å². The van der Waals surface area contributed by atoms with Gasteiger partial charge in [-0.25, -0.2) is 0 Å². The number of benzene rings is 1. The summed E-state index contributed by atoms with van der Waals surface area (Å²) in [6.07, 6.45) is -7.32. The van der Waals surface area contributed by atoms with Gasteiger partial charge in [0.15, 0.2) is 6.10 Å². The van der Waals surface area contributed by atoms with Crippen LogP contribution in [0.1, 0.15) is 11.6 Å². The predicted octanol–water partition coefficient (Wildman–Crippen LogP) is 2.68. The van der Waals surface area contributed by atoms with Gasteiger partial charge in [0.25, 0.3) is 0 Å². The number of alkyl halides is 3. The topological polar surface area (TPSA) is 46.2 Å². The van der Waals surface area contributed by atoms with Crippen molar-refractivity contribution in [3.8, 4) is 0 Å². The van der Waals surface area contributed by atoms with E-state index in [4.69, 9.17) is 22.4 Å². The highest BCUT2D eigenvalue weighted by Gasteiger charge is 2.42. The number of nitrogens with two attached hydrogens (primary N) is 1. The second-order valence-electron chi connectivity index (χ2n) is 3.07. The van der Waals surface area contributed by atoms with Gasteiger partial charge in [-0.2, -0.15) is 13.2 Å². The molecule has 0 aliphatic heterocycles. The van der Waals surface area contributed by atoms with Crippen LogP contribution in [0.25, 0.3) is 0 Å². The Morgan fingerprint density at radius 1 is 1.31 bits per heavy atom. The van der Waals surface area contributed by atoms with Crippen LogP contribution in [0.2, 0.25) is 5.02 Å². The molecular weight excluding hydrogens is 266 g/mol. The van der Waals surface area contributed by atoms with E-state index in [2.05, 4.69) is 0 Å². The minimum Gasteiger partial charge on any atom is -0.382 e. The average molecular weight is 276 g/mol. The number of aliphatic hydroxyl groups excluding tert-OH is 1. The molecular formula is C9H10Cl2F3NO. The van der Waals surface area contributed by atoms with Crippen molar-refractivity contribution in [2.75, 3.05) is 0 Å². The fourth-order valence-electron chi connectivity index (χ4n) is 1.10. The van der Waals surface area contributed by atoms with Crippen LogP contribution >= 0.6 is 24.0 Å². The first-order valence-electron chi connectivity index (χ1n) is 4.08. The summed E-state index contributed by atoms with van der Waals surface area (Å²) in [6, 6.07) is 4.13. The van der Waals surface area contributed by atoms with E-state index in [0.29, 0.717) is 0 Å². The average Bonchev–Trinajstić information content (AvgIpc) is 2.14. The fourth-order valence-corrected chi connectivity index (χ4v) is 1.30. The van der Waals surface area contributed by atoms with Crippen molar-refractivity contribution in [2.45, 2.75) is 18.3 Å². The van der Waals surface area contributed by atoms with Gasteiger partial charge in [0, 0.05) is 5.02 Å².